The second-order valence-electron chi connectivity index (χ2n) is 12.1. The van der Waals surface area contributed by atoms with Gasteiger partial charge in [-0.2, -0.15) is 0 Å². The van der Waals surface area contributed by atoms with Gasteiger partial charge in [0.25, 0.3) is 0 Å². The molecule has 0 radical (unpaired) electrons. The molecule has 3 amide bonds. The molecule has 0 spiro atoms. The van der Waals surface area contributed by atoms with Crippen molar-refractivity contribution in [2.75, 3.05) is 19.7 Å². The number of rotatable bonds is 18. The predicted molar refractivity (Wildman–Crippen MR) is 181 cm³/mol. The highest BCUT2D eigenvalue weighted by molar-refractivity contribution is 5.91. The van der Waals surface area contributed by atoms with Crippen LogP contribution in [0.4, 0.5) is 4.79 Å². The Hall–Kier alpha value is -4.90. The largest absolute Gasteiger partial charge is 0.494 e. The maximum Gasteiger partial charge on any atom is 0.408 e. The summed E-state index contributed by atoms with van der Waals surface area (Å²) in [5.74, 6) is -0.845. The molecule has 1 heterocycles. The Bertz CT molecular complexity index is 1480. The lowest BCUT2D eigenvalue weighted by molar-refractivity contribution is -0.137. The summed E-state index contributed by atoms with van der Waals surface area (Å²) in [5.41, 5.74) is 3.62. The maximum atomic E-state index is 13.6. The minimum atomic E-state index is -1.23. The molecular weight excluding hydrogens is 612 g/mol. The highest BCUT2D eigenvalue weighted by atomic mass is 16.5. The van der Waals surface area contributed by atoms with E-state index in [1.54, 1.807) is 12.1 Å². The number of carboxylic acids is 1. The lowest BCUT2D eigenvalue weighted by Gasteiger charge is -2.23. The molecule has 5 N–H and O–H groups in total. The van der Waals surface area contributed by atoms with Crippen molar-refractivity contribution in [3.05, 3.63) is 101 Å². The zero-order valence-corrected chi connectivity index (χ0v) is 27.4. The van der Waals surface area contributed by atoms with Gasteiger partial charge in [-0.3, -0.25) is 14.4 Å². The average molecular weight is 659 g/mol. The number of nitrogens with one attached hydrogen (secondary N) is 4. The van der Waals surface area contributed by atoms with Gasteiger partial charge in [0.1, 0.15) is 24.4 Å². The summed E-state index contributed by atoms with van der Waals surface area (Å²) in [6.45, 7) is 4.84. The van der Waals surface area contributed by atoms with Gasteiger partial charge < -0.3 is 35.8 Å². The summed E-state index contributed by atoms with van der Waals surface area (Å²) in [7, 11) is 0. The number of aryl methyl sites for hydroxylation is 2. The lowest BCUT2D eigenvalue weighted by atomic mass is 10.0. The minimum absolute atomic E-state index is 0.0221. The Morgan fingerprint density at radius 3 is 2.29 bits per heavy atom. The maximum absolute atomic E-state index is 13.6. The number of amides is 3. The van der Waals surface area contributed by atoms with Crippen molar-refractivity contribution in [2.24, 2.45) is 5.92 Å². The van der Waals surface area contributed by atoms with Crippen molar-refractivity contribution in [2.45, 2.75) is 70.7 Å². The molecule has 1 aliphatic heterocycles. The number of hydrogen-bond acceptors (Lipinski definition) is 7. The standard InChI is InChI=1S/C37H46N4O7/c1-26-12-14-31(47-21-19-28-18-20-38-23-28)22-30(26)24-39-35(44)32(15-13-27-8-4-2-5-9-27)40-36(45)33(16-17-34(42)43)41-37(46)48-25-29-10-6-3-7-11-29/h2-12,14,22,28,32-33,38H,13,15-21,23-25H2,1H3,(H,39,44)(H,40,45)(H,41,46)(H,42,43)/t28?,32-,33-/m0/s1. The second-order valence-corrected chi connectivity index (χ2v) is 12.1. The third-order valence-electron chi connectivity index (χ3n) is 8.40. The van der Waals surface area contributed by atoms with Crippen LogP contribution in [0.25, 0.3) is 0 Å². The van der Waals surface area contributed by atoms with Gasteiger partial charge in [0.2, 0.25) is 11.8 Å². The summed E-state index contributed by atoms with van der Waals surface area (Å²) in [6.07, 6.45) is 1.50. The molecule has 0 saturated carbocycles. The van der Waals surface area contributed by atoms with Crippen molar-refractivity contribution in [1.29, 1.82) is 0 Å². The van der Waals surface area contributed by atoms with Gasteiger partial charge in [0.15, 0.2) is 0 Å². The number of aliphatic carboxylic acids is 1. The summed E-state index contributed by atoms with van der Waals surface area (Å²) < 4.78 is 11.3. The van der Waals surface area contributed by atoms with E-state index in [1.165, 1.54) is 0 Å². The molecule has 3 aromatic carbocycles. The van der Waals surface area contributed by atoms with Crippen LogP contribution >= 0.6 is 0 Å². The molecule has 1 fully saturated rings. The van der Waals surface area contributed by atoms with E-state index in [-0.39, 0.29) is 32.4 Å². The van der Waals surface area contributed by atoms with Crippen molar-refractivity contribution >= 4 is 23.9 Å². The van der Waals surface area contributed by atoms with Crippen LogP contribution < -0.4 is 26.0 Å². The molecule has 11 heteroatoms. The molecule has 1 saturated heterocycles. The second kappa shape index (κ2) is 19.0. The molecule has 1 unspecified atom stereocenters. The van der Waals surface area contributed by atoms with Crippen LogP contribution in [0.5, 0.6) is 5.75 Å². The van der Waals surface area contributed by atoms with E-state index in [9.17, 15) is 24.3 Å². The Morgan fingerprint density at radius 1 is 0.896 bits per heavy atom. The first-order valence-corrected chi connectivity index (χ1v) is 16.5. The van der Waals surface area contributed by atoms with E-state index < -0.39 is 36.0 Å². The monoisotopic (exact) mass is 658 g/mol. The average Bonchev–Trinajstić information content (AvgIpc) is 3.62. The number of ether oxygens (including phenoxy) is 2. The van der Waals surface area contributed by atoms with Gasteiger partial charge >= 0.3 is 12.1 Å². The van der Waals surface area contributed by atoms with Gasteiger partial charge in [-0.25, -0.2) is 4.79 Å². The Kier molecular flexibility index (Phi) is 14.3. The number of alkyl carbamates (subject to hydrolysis) is 1. The SMILES string of the molecule is Cc1ccc(OCCC2CCNC2)cc1CNC(=O)[C@H](CCc1ccccc1)NC(=O)[C@H](CCC(=O)O)NC(=O)OCc1ccccc1. The zero-order valence-electron chi connectivity index (χ0n) is 27.4. The minimum Gasteiger partial charge on any atom is -0.494 e. The highest BCUT2D eigenvalue weighted by Gasteiger charge is 2.28. The van der Waals surface area contributed by atoms with Crippen LogP contribution in [-0.4, -0.2) is 60.8 Å². The number of hydrogen-bond donors (Lipinski definition) is 5. The van der Waals surface area contributed by atoms with Gasteiger partial charge in [-0.05, 0) is 92.4 Å². The molecule has 0 aliphatic carbocycles. The molecule has 0 aromatic heterocycles. The van der Waals surface area contributed by atoms with E-state index in [0.717, 1.165) is 53.9 Å². The predicted octanol–water partition coefficient (Wildman–Crippen LogP) is 4.27. The first-order valence-electron chi connectivity index (χ1n) is 16.5. The summed E-state index contributed by atoms with van der Waals surface area (Å²) >= 11 is 0. The van der Waals surface area contributed by atoms with Crippen molar-refractivity contribution in [1.82, 2.24) is 21.3 Å². The van der Waals surface area contributed by atoms with E-state index in [2.05, 4.69) is 21.3 Å². The summed E-state index contributed by atoms with van der Waals surface area (Å²) in [5, 5.41) is 20.8. The van der Waals surface area contributed by atoms with Crippen LogP contribution in [0.1, 0.15) is 54.4 Å². The van der Waals surface area contributed by atoms with Gasteiger partial charge in [-0.1, -0.05) is 66.7 Å². The molecule has 3 atom stereocenters. The van der Waals surface area contributed by atoms with E-state index in [4.69, 9.17) is 9.47 Å². The van der Waals surface area contributed by atoms with Crippen LogP contribution in [0, 0.1) is 12.8 Å². The van der Waals surface area contributed by atoms with E-state index in [0.29, 0.717) is 18.9 Å². The summed E-state index contributed by atoms with van der Waals surface area (Å²) in [6, 6.07) is 22.2. The number of carbonyl (C=O) groups is 4. The zero-order chi connectivity index (χ0) is 34.1. The van der Waals surface area contributed by atoms with E-state index in [1.807, 2.05) is 73.7 Å². The molecule has 4 rings (SSSR count). The number of carbonyl (C=O) groups excluding carboxylic acids is 3. The Labute approximate surface area is 281 Å². The molecule has 1 aliphatic rings. The molecule has 48 heavy (non-hydrogen) atoms. The van der Waals surface area contributed by atoms with Crippen LogP contribution in [0.15, 0.2) is 78.9 Å². The topological polar surface area (TPSA) is 155 Å². The first-order chi connectivity index (χ1) is 23.3. The quantitative estimate of drug-likeness (QED) is 0.136. The normalized spacial score (nSPS) is 15.1. The molecule has 11 nitrogen and oxygen atoms in total. The first kappa shape index (κ1) is 35.9. The van der Waals surface area contributed by atoms with Gasteiger partial charge in [0, 0.05) is 13.0 Å². The van der Waals surface area contributed by atoms with E-state index >= 15 is 0 Å². The Morgan fingerprint density at radius 2 is 1.60 bits per heavy atom. The van der Waals surface area contributed by atoms with Gasteiger partial charge in [-0.15, -0.1) is 0 Å². The molecule has 0 bridgehead atoms. The lowest BCUT2D eigenvalue weighted by Crippen LogP contribution is -2.54. The van der Waals surface area contributed by atoms with Crippen LogP contribution in [-0.2, 0) is 38.7 Å². The fraction of sp³-hybridized carbons (Fsp3) is 0.405. The fourth-order valence-corrected chi connectivity index (χ4v) is 5.48. The number of carboxylic acid groups (broad SMARTS) is 1. The highest BCUT2D eigenvalue weighted by Crippen LogP contribution is 2.19. The van der Waals surface area contributed by atoms with Crippen molar-refractivity contribution in [3.63, 3.8) is 0 Å². The molecule has 3 aromatic rings. The third-order valence-corrected chi connectivity index (χ3v) is 8.40. The molecular formula is C37H46N4O7. The number of benzene rings is 3. The van der Waals surface area contributed by atoms with Gasteiger partial charge in [0.05, 0.1) is 6.61 Å². The van der Waals surface area contributed by atoms with Crippen LogP contribution in [0.3, 0.4) is 0 Å². The smallest absolute Gasteiger partial charge is 0.408 e. The van der Waals surface area contributed by atoms with Crippen molar-refractivity contribution < 1.29 is 33.8 Å². The van der Waals surface area contributed by atoms with Crippen LogP contribution in [0.2, 0.25) is 0 Å². The molecule has 256 valence electrons. The fourth-order valence-electron chi connectivity index (χ4n) is 5.48. The van der Waals surface area contributed by atoms with Crippen molar-refractivity contribution in [3.8, 4) is 5.75 Å². The Balaban J connectivity index is 1.39. The summed E-state index contributed by atoms with van der Waals surface area (Å²) in [4.78, 5) is 51.0. The third kappa shape index (κ3) is 12.4.